The van der Waals surface area contributed by atoms with Gasteiger partial charge in [-0.05, 0) is 160 Å². The van der Waals surface area contributed by atoms with E-state index < -0.39 is 0 Å². The molecule has 0 bridgehead atoms. The maximum atomic E-state index is 2.62. The van der Waals surface area contributed by atoms with Crippen LogP contribution in [0, 0.1) is 0 Å². The van der Waals surface area contributed by atoms with Crippen molar-refractivity contribution in [2.24, 2.45) is 0 Å². The Hall–Kier alpha value is -8.52. The van der Waals surface area contributed by atoms with Gasteiger partial charge in [0.05, 0.1) is 11.4 Å². The maximum absolute atomic E-state index is 2.62. The first-order valence-electron chi connectivity index (χ1n) is 22.6. The molecule has 0 radical (unpaired) electrons. The topological polar surface area (TPSA) is 3.24 Å². The zero-order valence-corrected chi connectivity index (χ0v) is 35.5. The molecular weight excluding hydrogens is 783 g/mol. The fraction of sp³-hybridized carbons (Fsp3) is 0. The Morgan fingerprint density at radius 1 is 0.215 bits per heavy atom. The molecule has 0 heterocycles. The molecule has 0 spiro atoms. The first-order valence-corrected chi connectivity index (χ1v) is 22.6. The van der Waals surface area contributed by atoms with E-state index >= 15 is 0 Å². The highest BCUT2D eigenvalue weighted by atomic mass is 15.2. The Morgan fingerprint density at radius 3 is 1.03 bits per heavy atom. The van der Waals surface area contributed by atoms with Crippen molar-refractivity contribution in [1.82, 2.24) is 0 Å². The van der Waals surface area contributed by atoms with Crippen LogP contribution in [-0.2, 0) is 0 Å². The molecule has 0 fully saturated rings. The van der Waals surface area contributed by atoms with Crippen LogP contribution in [0.1, 0.15) is 0 Å². The smallest absolute Gasteiger partial charge is 0.0625 e. The molecule has 0 saturated carbocycles. The van der Waals surface area contributed by atoms with E-state index in [1.807, 2.05) is 0 Å². The Balaban J connectivity index is 1.02. The molecule has 65 heavy (non-hydrogen) atoms. The zero-order chi connectivity index (χ0) is 42.6. The van der Waals surface area contributed by atoms with Gasteiger partial charge in [0, 0.05) is 27.6 Å². The highest BCUT2D eigenvalue weighted by Gasteiger charge is 2.36. The van der Waals surface area contributed by atoms with Crippen LogP contribution in [0.15, 0.2) is 237 Å². The largest absolute Gasteiger partial charge is 0.308 e. The second kappa shape index (κ2) is 14.0. The third-order valence-electron chi connectivity index (χ3n) is 14.0. The van der Waals surface area contributed by atoms with E-state index in [9.17, 15) is 0 Å². The van der Waals surface area contributed by atoms with E-state index in [0.29, 0.717) is 0 Å². The normalized spacial score (nSPS) is 12.0. The van der Waals surface area contributed by atoms with Crippen LogP contribution in [0.25, 0.3) is 121 Å². The van der Waals surface area contributed by atoms with Crippen LogP contribution < -0.4 is 4.90 Å². The monoisotopic (exact) mass is 821 g/mol. The summed E-state index contributed by atoms with van der Waals surface area (Å²) in [5, 5.41) is 9.94. The molecule has 0 N–H and O–H groups in total. The van der Waals surface area contributed by atoms with E-state index in [4.69, 9.17) is 0 Å². The van der Waals surface area contributed by atoms with Crippen LogP contribution in [0.2, 0.25) is 0 Å². The highest BCUT2D eigenvalue weighted by molar-refractivity contribution is 6.25. The third kappa shape index (κ3) is 5.52. The van der Waals surface area contributed by atoms with Crippen LogP contribution in [0.5, 0.6) is 0 Å². The van der Waals surface area contributed by atoms with E-state index in [2.05, 4.69) is 241 Å². The van der Waals surface area contributed by atoms with Crippen molar-refractivity contribution >= 4 is 60.2 Å². The summed E-state index contributed by atoms with van der Waals surface area (Å²) < 4.78 is 0. The Kier molecular flexibility index (Phi) is 7.75. The average Bonchev–Trinajstić information content (AvgIpc) is 3.37. The fourth-order valence-electron chi connectivity index (χ4n) is 10.8. The molecule has 14 rings (SSSR count). The van der Waals surface area contributed by atoms with Crippen molar-refractivity contribution < 1.29 is 0 Å². The van der Waals surface area contributed by atoms with E-state index in [0.717, 1.165) is 5.69 Å². The SMILES string of the molecule is c1ccc(-c2ccc(N(c3c4c(cc5ccccc35)-c3cc5cc(-c6ccccc6)ccc5cc3-4)c3c4c(cc5ccccc35)-c3cc5cc(-c6ccccc6)ccc5cc3-4)cc2)cc1. The Morgan fingerprint density at radius 2 is 0.569 bits per heavy atom. The number of nitrogens with zero attached hydrogens (tertiary/aromatic N) is 1. The lowest BCUT2D eigenvalue weighted by Gasteiger charge is -2.39. The van der Waals surface area contributed by atoms with Crippen molar-refractivity contribution in [3.8, 4) is 77.9 Å². The van der Waals surface area contributed by atoms with Crippen molar-refractivity contribution in [3.05, 3.63) is 237 Å². The summed E-state index contributed by atoms with van der Waals surface area (Å²) in [6.45, 7) is 0. The minimum Gasteiger partial charge on any atom is -0.308 e. The molecule has 0 atom stereocenters. The molecule has 0 aliphatic heterocycles. The summed E-state index contributed by atoms with van der Waals surface area (Å²) in [6, 6.07) is 87.8. The number of fused-ring (bicyclic) bond motifs is 12. The molecule has 300 valence electrons. The van der Waals surface area contributed by atoms with Gasteiger partial charge in [-0.15, -0.1) is 0 Å². The summed E-state index contributed by atoms with van der Waals surface area (Å²) in [7, 11) is 0. The molecule has 12 aromatic rings. The highest BCUT2D eigenvalue weighted by Crippen LogP contribution is 2.62. The van der Waals surface area contributed by atoms with Gasteiger partial charge in [-0.25, -0.2) is 0 Å². The van der Waals surface area contributed by atoms with Crippen molar-refractivity contribution in [3.63, 3.8) is 0 Å². The summed E-state index contributed by atoms with van der Waals surface area (Å²) in [5.74, 6) is 0. The second-order valence-corrected chi connectivity index (χ2v) is 17.6. The fourth-order valence-corrected chi connectivity index (χ4v) is 10.8. The van der Waals surface area contributed by atoms with Crippen LogP contribution in [0.3, 0.4) is 0 Å². The van der Waals surface area contributed by atoms with Gasteiger partial charge in [-0.3, -0.25) is 0 Å². The predicted octanol–water partition coefficient (Wildman–Crippen LogP) is 18.1. The lowest BCUT2D eigenvalue weighted by Crippen LogP contribution is -2.18. The Bertz CT molecular complexity index is 3690. The lowest BCUT2D eigenvalue weighted by atomic mass is 9.74. The quantitative estimate of drug-likeness (QED) is 0.161. The van der Waals surface area contributed by atoms with Crippen molar-refractivity contribution in [1.29, 1.82) is 0 Å². The molecule has 2 aliphatic carbocycles. The van der Waals surface area contributed by atoms with Gasteiger partial charge in [-0.1, -0.05) is 176 Å². The van der Waals surface area contributed by atoms with Gasteiger partial charge < -0.3 is 4.90 Å². The predicted molar refractivity (Wildman–Crippen MR) is 276 cm³/mol. The van der Waals surface area contributed by atoms with E-state index in [1.54, 1.807) is 0 Å². The first-order chi connectivity index (χ1) is 32.2. The number of hydrogen-bond donors (Lipinski definition) is 0. The molecule has 0 amide bonds. The molecule has 0 saturated heterocycles. The molecule has 0 unspecified atom stereocenters. The van der Waals surface area contributed by atoms with E-state index in [-0.39, 0.29) is 0 Å². The molecule has 0 aromatic heterocycles. The second-order valence-electron chi connectivity index (χ2n) is 17.6. The van der Waals surface area contributed by atoms with Gasteiger partial charge in [0.15, 0.2) is 0 Å². The van der Waals surface area contributed by atoms with Crippen molar-refractivity contribution in [2.45, 2.75) is 0 Å². The summed E-state index contributed by atoms with van der Waals surface area (Å²) >= 11 is 0. The van der Waals surface area contributed by atoms with E-state index in [1.165, 1.54) is 132 Å². The van der Waals surface area contributed by atoms with Crippen molar-refractivity contribution in [2.75, 3.05) is 4.90 Å². The number of benzene rings is 12. The van der Waals surface area contributed by atoms with Crippen LogP contribution >= 0.6 is 0 Å². The number of anilines is 3. The average molecular weight is 822 g/mol. The Labute approximate surface area is 377 Å². The number of rotatable bonds is 6. The lowest BCUT2D eigenvalue weighted by molar-refractivity contribution is 1.30. The van der Waals surface area contributed by atoms with Gasteiger partial charge >= 0.3 is 0 Å². The standard InChI is InChI=1S/C64H39N/c1-4-14-40(15-5-1)43-28-30-52(31-29-43)65(63-53-22-12-10-20-48(53)36-59-55-38-50-32-44(41-16-6-2-7-17-41)24-26-46(50)34-57(55)61(59)63)64-54-23-13-11-21-49(54)37-60-56-39-51-33-45(42-18-8-3-9-19-42)25-27-47(51)35-58(56)62(60)64/h1-39H. The maximum Gasteiger partial charge on any atom is 0.0625 e. The van der Waals surface area contributed by atoms with Gasteiger partial charge in [0.2, 0.25) is 0 Å². The summed E-state index contributed by atoms with van der Waals surface area (Å²) in [5.41, 5.74) is 21.3. The minimum atomic E-state index is 1.13. The third-order valence-corrected chi connectivity index (χ3v) is 14.0. The molecular formula is C64H39N. The minimum absolute atomic E-state index is 1.13. The molecule has 1 nitrogen and oxygen atoms in total. The van der Waals surface area contributed by atoms with Gasteiger partial charge in [0.1, 0.15) is 0 Å². The number of hydrogen-bond acceptors (Lipinski definition) is 1. The summed E-state index contributed by atoms with van der Waals surface area (Å²) in [6.07, 6.45) is 0. The molecule has 2 aliphatic rings. The molecule has 1 heteroatoms. The van der Waals surface area contributed by atoms with Gasteiger partial charge in [-0.2, -0.15) is 0 Å². The zero-order valence-electron chi connectivity index (χ0n) is 35.5. The first kappa shape index (κ1) is 36.0. The van der Waals surface area contributed by atoms with Crippen LogP contribution in [-0.4, -0.2) is 0 Å². The van der Waals surface area contributed by atoms with Crippen LogP contribution in [0.4, 0.5) is 17.1 Å². The van der Waals surface area contributed by atoms with Gasteiger partial charge in [0.25, 0.3) is 0 Å². The summed E-state index contributed by atoms with van der Waals surface area (Å²) in [4.78, 5) is 2.62. The molecule has 12 aromatic carbocycles.